The fourth-order valence-electron chi connectivity index (χ4n) is 2.46. The molecule has 0 unspecified atom stereocenters. The molecule has 4 heteroatoms. The number of benzene rings is 2. The Bertz CT molecular complexity index is 882. The number of nitrogens with zero attached hydrogens (tertiary/aromatic N) is 1. The Kier molecular flexibility index (Phi) is 3.67. The number of aromatic nitrogens is 1. The first-order valence-electron chi connectivity index (χ1n) is 7.01. The number of halogens is 1. The smallest absolute Gasteiger partial charge is 0.258 e. The van der Waals surface area contributed by atoms with Crippen LogP contribution in [0.2, 0.25) is 0 Å². The van der Waals surface area contributed by atoms with Gasteiger partial charge < -0.3 is 9.30 Å². The zero-order valence-electron chi connectivity index (χ0n) is 12.5. The summed E-state index contributed by atoms with van der Waals surface area (Å²) in [6.07, 6.45) is 1.70. The van der Waals surface area contributed by atoms with Crippen molar-refractivity contribution in [2.75, 3.05) is 7.11 Å². The molecule has 0 aliphatic rings. The molecular formula is C18H16FNO2. The fraction of sp³-hybridized carbons (Fsp3) is 0.167. The summed E-state index contributed by atoms with van der Waals surface area (Å²) in [7, 11) is 1.62. The average Bonchev–Trinajstić information content (AvgIpc) is 2.53. The molecule has 22 heavy (non-hydrogen) atoms. The second-order valence-corrected chi connectivity index (χ2v) is 5.29. The summed E-state index contributed by atoms with van der Waals surface area (Å²) in [5.74, 6) is 0.487. The summed E-state index contributed by atoms with van der Waals surface area (Å²) in [6, 6.07) is 12.3. The van der Waals surface area contributed by atoms with E-state index in [0.717, 1.165) is 11.3 Å². The molecule has 0 aliphatic carbocycles. The van der Waals surface area contributed by atoms with E-state index in [0.29, 0.717) is 22.9 Å². The van der Waals surface area contributed by atoms with E-state index in [4.69, 9.17) is 4.74 Å². The summed E-state index contributed by atoms with van der Waals surface area (Å²) in [4.78, 5) is 12.5. The van der Waals surface area contributed by atoms with Crippen molar-refractivity contribution < 1.29 is 9.13 Å². The van der Waals surface area contributed by atoms with Crippen molar-refractivity contribution in [1.82, 2.24) is 4.57 Å². The molecule has 0 saturated carbocycles. The molecule has 3 nitrogen and oxygen atoms in total. The molecule has 0 atom stereocenters. The molecule has 0 spiro atoms. The lowest BCUT2D eigenvalue weighted by atomic mass is 10.1. The lowest BCUT2D eigenvalue weighted by Crippen LogP contribution is -2.20. The number of ether oxygens (including phenoxy) is 1. The van der Waals surface area contributed by atoms with Crippen molar-refractivity contribution in [2.45, 2.75) is 13.5 Å². The van der Waals surface area contributed by atoms with E-state index in [1.807, 2.05) is 24.3 Å². The highest BCUT2D eigenvalue weighted by Crippen LogP contribution is 2.16. The van der Waals surface area contributed by atoms with Gasteiger partial charge in [0.1, 0.15) is 11.6 Å². The number of hydrogen-bond acceptors (Lipinski definition) is 2. The SMILES string of the molecule is COc1ccc(Cn2ccc3cc(F)c(C)cc3c2=O)cc1. The van der Waals surface area contributed by atoms with Crippen LogP contribution < -0.4 is 10.3 Å². The van der Waals surface area contributed by atoms with E-state index in [-0.39, 0.29) is 11.4 Å². The zero-order valence-corrected chi connectivity index (χ0v) is 12.5. The molecule has 0 saturated heterocycles. The van der Waals surface area contributed by atoms with E-state index in [2.05, 4.69) is 0 Å². The monoisotopic (exact) mass is 297 g/mol. The van der Waals surface area contributed by atoms with Gasteiger partial charge in [0, 0.05) is 11.6 Å². The topological polar surface area (TPSA) is 31.2 Å². The Morgan fingerprint density at radius 2 is 1.86 bits per heavy atom. The molecule has 0 fully saturated rings. The molecule has 2 aromatic carbocycles. The van der Waals surface area contributed by atoms with Crippen LogP contribution in [0.4, 0.5) is 4.39 Å². The number of aryl methyl sites for hydroxylation is 1. The maximum Gasteiger partial charge on any atom is 0.258 e. The first-order chi connectivity index (χ1) is 10.6. The number of hydrogen-bond donors (Lipinski definition) is 0. The Balaban J connectivity index is 2.02. The number of rotatable bonds is 3. The minimum Gasteiger partial charge on any atom is -0.497 e. The van der Waals surface area contributed by atoms with Gasteiger partial charge in [-0.05, 0) is 53.8 Å². The van der Waals surface area contributed by atoms with Gasteiger partial charge in [0.25, 0.3) is 5.56 Å². The Labute approximate surface area is 127 Å². The summed E-state index contributed by atoms with van der Waals surface area (Å²) in [6.45, 7) is 2.13. The predicted octanol–water partition coefficient (Wildman–Crippen LogP) is 3.51. The lowest BCUT2D eigenvalue weighted by Gasteiger charge is -2.09. The van der Waals surface area contributed by atoms with Gasteiger partial charge in [-0.3, -0.25) is 4.79 Å². The van der Waals surface area contributed by atoms with Gasteiger partial charge in [-0.2, -0.15) is 0 Å². The summed E-state index contributed by atoms with van der Waals surface area (Å²) < 4.78 is 20.3. The molecular weight excluding hydrogens is 281 g/mol. The van der Waals surface area contributed by atoms with Crippen molar-refractivity contribution in [2.24, 2.45) is 0 Å². The fourth-order valence-corrected chi connectivity index (χ4v) is 2.46. The maximum absolute atomic E-state index is 13.6. The van der Waals surface area contributed by atoms with Crippen molar-refractivity contribution >= 4 is 10.8 Å². The third-order valence-corrected chi connectivity index (χ3v) is 3.77. The van der Waals surface area contributed by atoms with Gasteiger partial charge in [0.05, 0.1) is 13.7 Å². The molecule has 1 heterocycles. The van der Waals surface area contributed by atoms with Crippen molar-refractivity contribution in [1.29, 1.82) is 0 Å². The standard InChI is InChI=1S/C18H16FNO2/c1-12-9-16-14(10-17(12)19)7-8-20(18(16)21)11-13-3-5-15(22-2)6-4-13/h3-10H,11H2,1-2H3. The van der Waals surface area contributed by atoms with Crippen LogP contribution in [0.1, 0.15) is 11.1 Å². The van der Waals surface area contributed by atoms with Crippen LogP contribution in [-0.4, -0.2) is 11.7 Å². The Morgan fingerprint density at radius 1 is 1.14 bits per heavy atom. The second kappa shape index (κ2) is 5.64. The Hall–Kier alpha value is -2.62. The van der Waals surface area contributed by atoms with Gasteiger partial charge in [0.2, 0.25) is 0 Å². The van der Waals surface area contributed by atoms with Crippen molar-refractivity contribution in [3.05, 3.63) is 76.0 Å². The summed E-state index contributed by atoms with van der Waals surface area (Å²) in [5.41, 5.74) is 1.37. The predicted molar refractivity (Wildman–Crippen MR) is 85.0 cm³/mol. The first-order valence-corrected chi connectivity index (χ1v) is 7.01. The molecule has 3 aromatic rings. The molecule has 3 rings (SSSR count). The van der Waals surface area contributed by atoms with E-state index in [1.54, 1.807) is 36.9 Å². The van der Waals surface area contributed by atoms with Crippen LogP contribution in [-0.2, 0) is 6.54 Å². The van der Waals surface area contributed by atoms with E-state index >= 15 is 0 Å². The van der Waals surface area contributed by atoms with Gasteiger partial charge in [-0.1, -0.05) is 12.1 Å². The van der Waals surface area contributed by atoms with Gasteiger partial charge in [-0.25, -0.2) is 4.39 Å². The Morgan fingerprint density at radius 3 is 2.55 bits per heavy atom. The molecule has 112 valence electrons. The second-order valence-electron chi connectivity index (χ2n) is 5.29. The minimum absolute atomic E-state index is 0.114. The van der Waals surface area contributed by atoms with Crippen LogP contribution in [0.25, 0.3) is 10.8 Å². The molecule has 1 aromatic heterocycles. The maximum atomic E-state index is 13.6. The largest absolute Gasteiger partial charge is 0.497 e. The summed E-state index contributed by atoms with van der Waals surface area (Å²) >= 11 is 0. The molecule has 0 bridgehead atoms. The minimum atomic E-state index is -0.292. The van der Waals surface area contributed by atoms with Crippen molar-refractivity contribution in [3.8, 4) is 5.75 Å². The van der Waals surface area contributed by atoms with E-state index in [1.165, 1.54) is 6.07 Å². The zero-order chi connectivity index (χ0) is 15.7. The number of fused-ring (bicyclic) bond motifs is 1. The highest BCUT2D eigenvalue weighted by Gasteiger charge is 2.07. The van der Waals surface area contributed by atoms with Gasteiger partial charge in [0.15, 0.2) is 0 Å². The van der Waals surface area contributed by atoms with Gasteiger partial charge in [-0.15, -0.1) is 0 Å². The van der Waals surface area contributed by atoms with Gasteiger partial charge >= 0.3 is 0 Å². The van der Waals surface area contributed by atoms with Crippen LogP contribution >= 0.6 is 0 Å². The number of methoxy groups -OCH3 is 1. The van der Waals surface area contributed by atoms with Crippen molar-refractivity contribution in [3.63, 3.8) is 0 Å². The lowest BCUT2D eigenvalue weighted by molar-refractivity contribution is 0.414. The first kappa shape index (κ1) is 14.3. The summed E-state index contributed by atoms with van der Waals surface area (Å²) in [5, 5.41) is 1.16. The normalized spacial score (nSPS) is 10.9. The van der Waals surface area contributed by atoms with Crippen LogP contribution in [0.5, 0.6) is 5.75 Å². The molecule has 0 N–H and O–H groups in total. The quantitative estimate of drug-likeness (QED) is 0.741. The third kappa shape index (κ3) is 2.60. The highest BCUT2D eigenvalue weighted by molar-refractivity contribution is 5.82. The van der Waals surface area contributed by atoms with Crippen LogP contribution in [0, 0.1) is 12.7 Å². The average molecular weight is 297 g/mol. The molecule has 0 radical (unpaired) electrons. The third-order valence-electron chi connectivity index (χ3n) is 3.77. The number of pyridine rings is 1. The highest BCUT2D eigenvalue weighted by atomic mass is 19.1. The molecule has 0 amide bonds. The van der Waals surface area contributed by atoms with Crippen LogP contribution in [0.3, 0.4) is 0 Å². The van der Waals surface area contributed by atoms with E-state index in [9.17, 15) is 9.18 Å². The van der Waals surface area contributed by atoms with Crippen LogP contribution in [0.15, 0.2) is 53.5 Å². The van der Waals surface area contributed by atoms with E-state index < -0.39 is 0 Å². The molecule has 0 aliphatic heterocycles.